The van der Waals surface area contributed by atoms with Gasteiger partial charge in [-0.1, -0.05) is 44.9 Å². The molecule has 27 heavy (non-hydrogen) atoms. The molecule has 0 atom stereocenters. The van der Waals surface area contributed by atoms with Gasteiger partial charge in [-0.25, -0.2) is 14.4 Å². The number of unbranched alkanes of at least 4 members (excludes halogenated alkanes) is 3. The van der Waals surface area contributed by atoms with E-state index in [2.05, 4.69) is 13.5 Å². The molecule has 148 valence electrons. The van der Waals surface area contributed by atoms with Crippen molar-refractivity contribution in [2.45, 2.75) is 46.0 Å². The van der Waals surface area contributed by atoms with Crippen LogP contribution < -0.4 is 0 Å². The monoisotopic (exact) mass is 376 g/mol. The van der Waals surface area contributed by atoms with Crippen molar-refractivity contribution in [2.24, 2.45) is 0 Å². The van der Waals surface area contributed by atoms with E-state index in [1.54, 1.807) is 25.1 Å². The van der Waals surface area contributed by atoms with E-state index in [0.717, 1.165) is 25.7 Å². The molecule has 1 aromatic rings. The summed E-state index contributed by atoms with van der Waals surface area (Å²) in [4.78, 5) is 35.7. The van der Waals surface area contributed by atoms with Crippen LogP contribution in [0.1, 0.15) is 66.7 Å². The third kappa shape index (κ3) is 8.53. The number of esters is 3. The van der Waals surface area contributed by atoms with Crippen LogP contribution in [-0.4, -0.2) is 37.7 Å². The van der Waals surface area contributed by atoms with Crippen molar-refractivity contribution in [1.82, 2.24) is 0 Å². The van der Waals surface area contributed by atoms with Crippen LogP contribution in [-0.2, 0) is 19.0 Å². The third-order valence-electron chi connectivity index (χ3n) is 3.70. The van der Waals surface area contributed by atoms with Crippen LogP contribution in [0.15, 0.2) is 36.4 Å². The lowest BCUT2D eigenvalue weighted by molar-refractivity contribution is -0.139. The van der Waals surface area contributed by atoms with Crippen molar-refractivity contribution in [3.63, 3.8) is 0 Å². The fourth-order valence-corrected chi connectivity index (χ4v) is 2.20. The van der Waals surface area contributed by atoms with Gasteiger partial charge in [0.25, 0.3) is 0 Å². The molecule has 0 aromatic heterocycles. The van der Waals surface area contributed by atoms with Crippen LogP contribution in [0.3, 0.4) is 0 Å². The lowest BCUT2D eigenvalue weighted by atomic mass is 10.1. The van der Waals surface area contributed by atoms with Gasteiger partial charge in [-0.2, -0.15) is 0 Å². The zero-order chi connectivity index (χ0) is 20.1. The van der Waals surface area contributed by atoms with Gasteiger partial charge in [0.2, 0.25) is 0 Å². The first-order chi connectivity index (χ1) is 13.0. The number of hydrogen-bond acceptors (Lipinski definition) is 6. The van der Waals surface area contributed by atoms with Crippen molar-refractivity contribution in [2.75, 3.05) is 19.8 Å². The van der Waals surface area contributed by atoms with E-state index in [1.165, 1.54) is 6.07 Å². The predicted molar refractivity (Wildman–Crippen MR) is 102 cm³/mol. The topological polar surface area (TPSA) is 78.9 Å². The molecule has 0 bridgehead atoms. The molecule has 0 aliphatic rings. The molecule has 0 N–H and O–H groups in total. The highest BCUT2D eigenvalue weighted by molar-refractivity contribution is 6.03. The van der Waals surface area contributed by atoms with Crippen LogP contribution in [0.4, 0.5) is 0 Å². The number of benzene rings is 1. The van der Waals surface area contributed by atoms with Crippen LogP contribution in [0, 0.1) is 0 Å². The molecule has 1 aromatic carbocycles. The summed E-state index contributed by atoms with van der Waals surface area (Å²) in [5.41, 5.74) is 0.663. The normalized spacial score (nSPS) is 10.1. The first kappa shape index (κ1) is 22.4. The average Bonchev–Trinajstić information content (AvgIpc) is 2.66. The van der Waals surface area contributed by atoms with E-state index in [4.69, 9.17) is 14.2 Å². The van der Waals surface area contributed by atoms with Gasteiger partial charge in [0, 0.05) is 12.0 Å². The molecule has 0 aliphatic carbocycles. The third-order valence-corrected chi connectivity index (χ3v) is 3.70. The minimum absolute atomic E-state index is 0.0721. The zero-order valence-corrected chi connectivity index (χ0v) is 16.1. The van der Waals surface area contributed by atoms with Gasteiger partial charge >= 0.3 is 17.9 Å². The number of carbonyl (C=O) groups excluding carboxylic acids is 3. The zero-order valence-electron chi connectivity index (χ0n) is 16.1. The van der Waals surface area contributed by atoms with Gasteiger partial charge in [-0.05, 0) is 25.5 Å². The van der Waals surface area contributed by atoms with Gasteiger partial charge in [0.1, 0.15) is 0 Å². The van der Waals surface area contributed by atoms with E-state index in [1.807, 2.05) is 0 Å². The van der Waals surface area contributed by atoms with Crippen LogP contribution in [0.25, 0.3) is 0 Å². The summed E-state index contributed by atoms with van der Waals surface area (Å²) in [6.07, 6.45) is 4.37. The highest BCUT2D eigenvalue weighted by Crippen LogP contribution is 2.13. The molecule has 0 saturated carbocycles. The van der Waals surface area contributed by atoms with Crippen LogP contribution in [0.2, 0.25) is 0 Å². The predicted octanol–water partition coefficient (Wildman–Crippen LogP) is 4.09. The lowest BCUT2D eigenvalue weighted by Crippen LogP contribution is -2.16. The van der Waals surface area contributed by atoms with E-state index in [0.29, 0.717) is 18.6 Å². The second kappa shape index (κ2) is 12.7. The van der Waals surface area contributed by atoms with Crippen molar-refractivity contribution in [3.05, 3.63) is 47.5 Å². The van der Waals surface area contributed by atoms with Crippen molar-refractivity contribution < 1.29 is 28.6 Å². The van der Waals surface area contributed by atoms with Gasteiger partial charge in [0.05, 0.1) is 30.9 Å². The van der Waals surface area contributed by atoms with E-state index in [9.17, 15) is 14.4 Å². The van der Waals surface area contributed by atoms with E-state index in [-0.39, 0.29) is 24.3 Å². The van der Waals surface area contributed by atoms with Crippen LogP contribution in [0.5, 0.6) is 0 Å². The average molecular weight is 376 g/mol. The molecule has 6 heteroatoms. The number of hydrogen-bond donors (Lipinski definition) is 0. The standard InChI is InChI=1S/C21H28O6/c1-4-5-6-9-13-26-20(23)17-11-7-8-12-18(17)21(24)27-15-10-14-25-19(22)16(2)3/h7-8,11-12H,2,4-6,9-10,13-15H2,1,3H3. The Morgan fingerprint density at radius 1 is 0.815 bits per heavy atom. The Kier molecular flexibility index (Phi) is 10.5. The number of carbonyl (C=O) groups is 3. The summed E-state index contributed by atoms with van der Waals surface area (Å²) >= 11 is 0. The van der Waals surface area contributed by atoms with Gasteiger partial charge < -0.3 is 14.2 Å². The molecule has 1 rings (SSSR count). The molecule has 6 nitrogen and oxygen atoms in total. The number of rotatable bonds is 12. The van der Waals surface area contributed by atoms with Gasteiger partial charge in [0.15, 0.2) is 0 Å². The molecular weight excluding hydrogens is 348 g/mol. The first-order valence-corrected chi connectivity index (χ1v) is 9.23. The minimum Gasteiger partial charge on any atom is -0.462 e. The summed E-state index contributed by atoms with van der Waals surface area (Å²) in [5, 5.41) is 0. The maximum atomic E-state index is 12.2. The molecule has 0 fully saturated rings. The van der Waals surface area contributed by atoms with Crippen LogP contribution >= 0.6 is 0 Å². The van der Waals surface area contributed by atoms with Crippen molar-refractivity contribution in [1.29, 1.82) is 0 Å². The Morgan fingerprint density at radius 2 is 1.33 bits per heavy atom. The largest absolute Gasteiger partial charge is 0.462 e. The SMILES string of the molecule is C=C(C)C(=O)OCCCOC(=O)c1ccccc1C(=O)OCCCCCC. The highest BCUT2D eigenvalue weighted by Gasteiger charge is 2.18. The molecule has 0 saturated heterocycles. The summed E-state index contributed by atoms with van der Waals surface area (Å²) in [6, 6.07) is 6.39. The van der Waals surface area contributed by atoms with Gasteiger partial charge in [-0.3, -0.25) is 0 Å². The molecule has 0 heterocycles. The molecular formula is C21H28O6. The smallest absolute Gasteiger partial charge is 0.339 e. The Labute approximate surface area is 160 Å². The molecule has 0 aliphatic heterocycles. The summed E-state index contributed by atoms with van der Waals surface area (Å²) in [6.45, 7) is 7.67. The quantitative estimate of drug-likeness (QED) is 0.237. The Hall–Kier alpha value is -2.63. The molecule has 0 radical (unpaired) electrons. The van der Waals surface area contributed by atoms with E-state index >= 15 is 0 Å². The van der Waals surface area contributed by atoms with E-state index < -0.39 is 17.9 Å². The Morgan fingerprint density at radius 3 is 1.85 bits per heavy atom. The fraction of sp³-hybridized carbons (Fsp3) is 0.476. The minimum atomic E-state index is -0.611. The van der Waals surface area contributed by atoms with Gasteiger partial charge in [-0.15, -0.1) is 0 Å². The molecule has 0 amide bonds. The molecule has 0 spiro atoms. The summed E-state index contributed by atoms with van der Waals surface area (Å²) < 4.78 is 15.3. The summed E-state index contributed by atoms with van der Waals surface area (Å²) in [7, 11) is 0. The lowest BCUT2D eigenvalue weighted by Gasteiger charge is -2.10. The first-order valence-electron chi connectivity index (χ1n) is 9.23. The Bertz CT molecular complexity index is 650. The Balaban J connectivity index is 2.47. The highest BCUT2D eigenvalue weighted by atomic mass is 16.5. The summed E-state index contributed by atoms with van der Waals surface area (Å²) in [5.74, 6) is -1.62. The van der Waals surface area contributed by atoms with Crippen molar-refractivity contribution in [3.8, 4) is 0 Å². The fourth-order valence-electron chi connectivity index (χ4n) is 2.20. The van der Waals surface area contributed by atoms with Crippen molar-refractivity contribution >= 4 is 17.9 Å². The number of ether oxygens (including phenoxy) is 3. The maximum absolute atomic E-state index is 12.2. The second-order valence-corrected chi connectivity index (χ2v) is 6.15. The maximum Gasteiger partial charge on any atom is 0.339 e. The second-order valence-electron chi connectivity index (χ2n) is 6.15. The molecule has 0 unspecified atom stereocenters.